The maximum atomic E-state index is 10.5. The van der Waals surface area contributed by atoms with Crippen LogP contribution in [0.2, 0.25) is 0 Å². The van der Waals surface area contributed by atoms with E-state index in [2.05, 4.69) is 18.8 Å². The Kier molecular flexibility index (Phi) is 15.5. The number of nitrogens with two attached hydrogens (primary N) is 1. The first-order valence-corrected chi connectivity index (χ1v) is 4.76. The number of allylic oxidation sites excluding steroid dienone is 1. The van der Waals surface area contributed by atoms with E-state index in [0.29, 0.717) is 0 Å². The third-order valence-corrected chi connectivity index (χ3v) is 1.29. The van der Waals surface area contributed by atoms with E-state index in [-0.39, 0.29) is 12.5 Å². The van der Waals surface area contributed by atoms with Crippen LogP contribution in [0, 0.1) is 0 Å². The molecular formula is C10H22N2O. The summed E-state index contributed by atoms with van der Waals surface area (Å²) in [6.45, 7) is 8.25. The zero-order chi connectivity index (χ0) is 10.5. The van der Waals surface area contributed by atoms with E-state index in [9.17, 15) is 4.79 Å². The second-order valence-electron chi connectivity index (χ2n) is 2.67. The lowest BCUT2D eigenvalue weighted by Crippen LogP contribution is -2.30. The first-order chi connectivity index (χ1) is 6.22. The van der Waals surface area contributed by atoms with Gasteiger partial charge in [0.1, 0.15) is 0 Å². The van der Waals surface area contributed by atoms with Crippen LogP contribution in [0.3, 0.4) is 0 Å². The molecule has 0 heterocycles. The molecular weight excluding hydrogens is 164 g/mol. The summed E-state index contributed by atoms with van der Waals surface area (Å²) < 4.78 is 0. The van der Waals surface area contributed by atoms with Gasteiger partial charge in [-0.25, -0.2) is 0 Å². The topological polar surface area (TPSA) is 55.1 Å². The highest BCUT2D eigenvalue weighted by molar-refractivity contribution is 5.77. The molecule has 0 rings (SSSR count). The van der Waals surface area contributed by atoms with Gasteiger partial charge in [-0.3, -0.25) is 4.79 Å². The number of carbonyl (C=O) groups is 1. The summed E-state index contributed by atoms with van der Waals surface area (Å²) >= 11 is 0. The molecule has 13 heavy (non-hydrogen) atoms. The van der Waals surface area contributed by atoms with Crippen LogP contribution in [0.25, 0.3) is 0 Å². The van der Waals surface area contributed by atoms with Gasteiger partial charge in [-0.15, -0.1) is 6.58 Å². The smallest absolute Gasteiger partial charge is 0.233 e. The Hall–Kier alpha value is -0.830. The van der Waals surface area contributed by atoms with E-state index in [1.165, 1.54) is 12.8 Å². The fraction of sp³-hybridized carbons (Fsp3) is 0.700. The van der Waals surface area contributed by atoms with Crippen LogP contribution in [0.1, 0.15) is 33.1 Å². The van der Waals surface area contributed by atoms with Crippen molar-refractivity contribution in [2.75, 3.05) is 13.1 Å². The molecule has 0 fully saturated rings. The largest absolute Gasteiger partial charge is 0.355 e. The molecule has 0 saturated carbocycles. The second kappa shape index (κ2) is 13.7. The van der Waals surface area contributed by atoms with Crippen molar-refractivity contribution in [2.24, 2.45) is 5.73 Å². The van der Waals surface area contributed by atoms with Gasteiger partial charge < -0.3 is 11.1 Å². The predicted octanol–water partition coefficient (Wildman–Crippen LogP) is 1.44. The number of hydrogen-bond donors (Lipinski definition) is 2. The SMILES string of the molecule is C=CC.CCCCCNC(=O)CN. The lowest BCUT2D eigenvalue weighted by atomic mass is 10.2. The highest BCUT2D eigenvalue weighted by Gasteiger charge is 1.93. The van der Waals surface area contributed by atoms with Crippen LogP contribution >= 0.6 is 0 Å². The molecule has 3 N–H and O–H groups in total. The van der Waals surface area contributed by atoms with E-state index in [4.69, 9.17) is 5.73 Å². The average molecular weight is 186 g/mol. The van der Waals surface area contributed by atoms with Gasteiger partial charge in [0.2, 0.25) is 5.91 Å². The summed E-state index contributed by atoms with van der Waals surface area (Å²) in [7, 11) is 0. The lowest BCUT2D eigenvalue weighted by Gasteiger charge is -2.00. The van der Waals surface area contributed by atoms with Crippen LogP contribution in [-0.2, 0) is 4.79 Å². The van der Waals surface area contributed by atoms with Crippen molar-refractivity contribution in [3.05, 3.63) is 12.7 Å². The maximum Gasteiger partial charge on any atom is 0.233 e. The summed E-state index contributed by atoms with van der Waals surface area (Å²) in [5.74, 6) is -0.0592. The van der Waals surface area contributed by atoms with E-state index in [1.54, 1.807) is 6.08 Å². The fourth-order valence-electron chi connectivity index (χ4n) is 0.675. The molecule has 0 spiro atoms. The Labute approximate surface area is 81.4 Å². The molecule has 0 aliphatic heterocycles. The number of amides is 1. The van der Waals surface area contributed by atoms with Gasteiger partial charge in [0, 0.05) is 6.54 Å². The van der Waals surface area contributed by atoms with E-state index < -0.39 is 0 Å². The Morgan fingerprint density at radius 1 is 1.54 bits per heavy atom. The number of nitrogens with one attached hydrogen (secondary N) is 1. The minimum Gasteiger partial charge on any atom is -0.355 e. The monoisotopic (exact) mass is 186 g/mol. The zero-order valence-corrected chi connectivity index (χ0v) is 8.81. The van der Waals surface area contributed by atoms with Crippen LogP contribution in [0.5, 0.6) is 0 Å². The van der Waals surface area contributed by atoms with Crippen LogP contribution in [0.15, 0.2) is 12.7 Å². The first-order valence-electron chi connectivity index (χ1n) is 4.76. The van der Waals surface area contributed by atoms with Crippen molar-refractivity contribution in [1.82, 2.24) is 5.32 Å². The quantitative estimate of drug-likeness (QED) is 0.504. The summed E-state index contributed by atoms with van der Waals surface area (Å²) in [5, 5.41) is 2.70. The van der Waals surface area contributed by atoms with Gasteiger partial charge in [0.25, 0.3) is 0 Å². The Balaban J connectivity index is 0. The summed E-state index contributed by atoms with van der Waals surface area (Å²) in [5.41, 5.74) is 5.07. The molecule has 0 radical (unpaired) electrons. The van der Waals surface area contributed by atoms with Gasteiger partial charge in [-0.1, -0.05) is 25.8 Å². The van der Waals surface area contributed by atoms with Crippen molar-refractivity contribution < 1.29 is 4.79 Å². The minimum absolute atomic E-state index is 0.0592. The maximum absolute atomic E-state index is 10.5. The zero-order valence-electron chi connectivity index (χ0n) is 8.81. The normalized spacial score (nSPS) is 8.23. The van der Waals surface area contributed by atoms with Gasteiger partial charge in [-0.05, 0) is 13.3 Å². The molecule has 0 aromatic heterocycles. The molecule has 3 heteroatoms. The van der Waals surface area contributed by atoms with Gasteiger partial charge in [-0.2, -0.15) is 0 Å². The molecule has 0 atom stereocenters. The standard InChI is InChI=1S/C7H16N2O.C3H6/c1-2-3-4-5-9-7(10)6-8;1-3-2/h2-6,8H2,1H3,(H,9,10);3H,1H2,2H3. The molecule has 0 bridgehead atoms. The Bertz CT molecular complexity index is 124. The van der Waals surface area contributed by atoms with E-state index >= 15 is 0 Å². The lowest BCUT2D eigenvalue weighted by molar-refractivity contribution is -0.119. The van der Waals surface area contributed by atoms with Crippen LogP contribution in [0.4, 0.5) is 0 Å². The molecule has 0 aromatic carbocycles. The molecule has 3 nitrogen and oxygen atoms in total. The van der Waals surface area contributed by atoms with Gasteiger partial charge >= 0.3 is 0 Å². The third-order valence-electron chi connectivity index (χ3n) is 1.29. The molecule has 0 aliphatic carbocycles. The average Bonchev–Trinajstić information content (AvgIpc) is 2.13. The fourth-order valence-corrected chi connectivity index (χ4v) is 0.675. The predicted molar refractivity (Wildman–Crippen MR) is 57.5 cm³/mol. The van der Waals surface area contributed by atoms with Crippen LogP contribution in [-0.4, -0.2) is 19.0 Å². The Morgan fingerprint density at radius 2 is 2.08 bits per heavy atom. The van der Waals surface area contributed by atoms with Gasteiger partial charge in [0.15, 0.2) is 0 Å². The molecule has 78 valence electrons. The molecule has 0 saturated heterocycles. The number of rotatable bonds is 5. The van der Waals surface area contributed by atoms with Crippen molar-refractivity contribution in [2.45, 2.75) is 33.1 Å². The second-order valence-corrected chi connectivity index (χ2v) is 2.67. The van der Waals surface area contributed by atoms with Gasteiger partial charge in [0.05, 0.1) is 6.54 Å². The molecule has 0 aromatic rings. The van der Waals surface area contributed by atoms with Crippen LogP contribution < -0.4 is 11.1 Å². The number of carbonyl (C=O) groups excluding carboxylic acids is 1. The number of unbranched alkanes of at least 4 members (excludes halogenated alkanes) is 2. The summed E-state index contributed by atoms with van der Waals surface area (Å²) in [4.78, 5) is 10.5. The van der Waals surface area contributed by atoms with E-state index in [1.807, 2.05) is 6.92 Å². The highest BCUT2D eigenvalue weighted by Crippen LogP contribution is 1.90. The van der Waals surface area contributed by atoms with Crippen molar-refractivity contribution in [3.8, 4) is 0 Å². The molecule has 1 amide bonds. The summed E-state index contributed by atoms with van der Waals surface area (Å²) in [6.07, 6.45) is 5.16. The Morgan fingerprint density at radius 3 is 2.46 bits per heavy atom. The minimum atomic E-state index is -0.0592. The molecule has 0 aliphatic rings. The molecule has 0 unspecified atom stereocenters. The highest BCUT2D eigenvalue weighted by atomic mass is 16.1. The number of hydrogen-bond acceptors (Lipinski definition) is 2. The summed E-state index contributed by atoms with van der Waals surface area (Å²) in [6, 6.07) is 0. The first kappa shape index (κ1) is 14.7. The van der Waals surface area contributed by atoms with Crippen molar-refractivity contribution in [1.29, 1.82) is 0 Å². The van der Waals surface area contributed by atoms with Crippen molar-refractivity contribution in [3.63, 3.8) is 0 Å². The van der Waals surface area contributed by atoms with E-state index in [0.717, 1.165) is 13.0 Å². The van der Waals surface area contributed by atoms with Crippen molar-refractivity contribution >= 4 is 5.91 Å². The third kappa shape index (κ3) is 18.3.